The van der Waals surface area contributed by atoms with Crippen LogP contribution in [0.25, 0.3) is 11.3 Å². The number of rotatable bonds is 8. The summed E-state index contributed by atoms with van der Waals surface area (Å²) in [5.41, 5.74) is 2.24. The first kappa shape index (κ1) is 21.0. The number of hydrogen-bond donors (Lipinski definition) is 1. The number of carbonyl (C=O) groups is 1. The zero-order chi connectivity index (χ0) is 21.3. The topological polar surface area (TPSA) is 109 Å². The molecule has 0 spiro atoms. The van der Waals surface area contributed by atoms with Crippen LogP contribution in [0.2, 0.25) is 0 Å². The van der Waals surface area contributed by atoms with Crippen molar-refractivity contribution >= 4 is 5.97 Å². The fourth-order valence-electron chi connectivity index (χ4n) is 2.52. The zero-order valence-corrected chi connectivity index (χ0v) is 17.0. The van der Waals surface area contributed by atoms with E-state index in [0.717, 1.165) is 15.9 Å². The van der Waals surface area contributed by atoms with E-state index in [1.807, 2.05) is 73.3 Å². The van der Waals surface area contributed by atoms with Crippen LogP contribution < -0.4 is 10.2 Å². The van der Waals surface area contributed by atoms with Crippen molar-refractivity contribution in [2.75, 3.05) is 0 Å². The zero-order valence-electron chi connectivity index (χ0n) is 17.0. The van der Waals surface area contributed by atoms with Crippen molar-refractivity contribution in [2.24, 2.45) is 10.3 Å². The molecule has 3 aromatic rings. The third-order valence-electron chi connectivity index (χ3n) is 4.08. The lowest BCUT2D eigenvalue weighted by Crippen LogP contribution is -2.34. The van der Waals surface area contributed by atoms with E-state index in [0.29, 0.717) is 12.2 Å². The summed E-state index contributed by atoms with van der Waals surface area (Å²) < 4.78 is 7.18. The Morgan fingerprint density at radius 1 is 1.20 bits per heavy atom. The second-order valence-corrected chi connectivity index (χ2v) is 6.87. The van der Waals surface area contributed by atoms with Crippen LogP contribution in [0.5, 0.6) is 0 Å². The van der Waals surface area contributed by atoms with Crippen molar-refractivity contribution in [3.63, 3.8) is 0 Å². The molecule has 9 heteroatoms. The molecule has 0 bridgehead atoms. The van der Waals surface area contributed by atoms with Gasteiger partial charge >= 0.3 is 5.97 Å². The van der Waals surface area contributed by atoms with Crippen LogP contribution in [0.1, 0.15) is 25.8 Å². The monoisotopic (exact) mass is 406 g/mol. The summed E-state index contributed by atoms with van der Waals surface area (Å²) in [6, 6.07) is 13.3. The summed E-state index contributed by atoms with van der Waals surface area (Å²) in [5, 5.41) is 19.9. The minimum absolute atomic E-state index is 0.0126. The predicted octanol–water partition coefficient (Wildman–Crippen LogP) is 2.47. The number of nitrogens with one attached hydrogen (secondary N) is 1. The van der Waals surface area contributed by atoms with Crippen LogP contribution in [0.15, 0.2) is 71.4 Å². The largest absolute Gasteiger partial charge is 0.461 e. The lowest BCUT2D eigenvalue weighted by Gasteiger charge is -2.04. The van der Waals surface area contributed by atoms with Gasteiger partial charge in [0.15, 0.2) is 18.9 Å². The number of ether oxygens (including phenoxy) is 1. The molecule has 0 fully saturated rings. The number of pyridine rings is 1. The number of carbonyl (C=O) groups excluding carboxylic acids is 1. The molecule has 0 atom stereocenters. The van der Waals surface area contributed by atoms with E-state index >= 15 is 0 Å². The summed E-state index contributed by atoms with van der Waals surface area (Å²) in [7, 11) is 0. The molecule has 30 heavy (non-hydrogen) atoms. The number of esters is 1. The van der Waals surface area contributed by atoms with E-state index in [9.17, 15) is 4.79 Å². The second kappa shape index (κ2) is 10.1. The third-order valence-corrected chi connectivity index (χ3v) is 4.08. The molecule has 2 aromatic heterocycles. The van der Waals surface area contributed by atoms with Crippen molar-refractivity contribution in [2.45, 2.75) is 39.5 Å². The molecule has 154 valence electrons. The number of nitrogens with zero attached hydrogens (tertiary/aromatic N) is 6. The molecular formula is C21H24N7O2+. The van der Waals surface area contributed by atoms with Gasteiger partial charge in [-0.05, 0) is 24.6 Å². The van der Waals surface area contributed by atoms with Crippen LogP contribution in [-0.4, -0.2) is 26.9 Å². The van der Waals surface area contributed by atoms with E-state index < -0.39 is 0 Å². The molecular weight excluding hydrogens is 382 g/mol. The van der Waals surface area contributed by atoms with Gasteiger partial charge in [0.1, 0.15) is 13.0 Å². The van der Waals surface area contributed by atoms with E-state index in [4.69, 9.17) is 10.1 Å². The van der Waals surface area contributed by atoms with Crippen molar-refractivity contribution in [1.82, 2.24) is 14.9 Å². The van der Waals surface area contributed by atoms with Crippen molar-refractivity contribution in [3.05, 3.63) is 72.2 Å². The van der Waals surface area contributed by atoms with E-state index in [-0.39, 0.29) is 30.7 Å². The summed E-state index contributed by atoms with van der Waals surface area (Å²) in [5.74, 6) is -0.247. The predicted molar refractivity (Wildman–Crippen MR) is 108 cm³/mol. The Balaban J connectivity index is 1.55. The van der Waals surface area contributed by atoms with Crippen LogP contribution >= 0.6 is 0 Å². The highest BCUT2D eigenvalue weighted by atomic mass is 16.5. The molecule has 1 N–H and O–H groups in total. The highest BCUT2D eigenvalue weighted by molar-refractivity contribution is 5.69. The summed E-state index contributed by atoms with van der Waals surface area (Å²) in [6.07, 6.45) is 5.52. The Hall–Kier alpha value is -3.75. The maximum absolute atomic E-state index is 11.9. The SMILES string of the molecule is CC(C)/N=N\n1ncc(-c2cc[n+](CCC(=O)OCc3ccccc3)cc2)nc1=N. The summed E-state index contributed by atoms with van der Waals surface area (Å²) in [6.45, 7) is 4.56. The average molecular weight is 406 g/mol. The third kappa shape index (κ3) is 6.13. The molecule has 0 unspecified atom stereocenters. The van der Waals surface area contributed by atoms with Gasteiger partial charge in [-0.2, -0.15) is 10.2 Å². The molecule has 3 rings (SSSR count). The first-order valence-electron chi connectivity index (χ1n) is 9.62. The summed E-state index contributed by atoms with van der Waals surface area (Å²) >= 11 is 0. The van der Waals surface area contributed by atoms with Gasteiger partial charge in [0, 0.05) is 17.7 Å². The molecule has 0 amide bonds. The van der Waals surface area contributed by atoms with Gasteiger partial charge in [-0.15, -0.1) is 0 Å². The van der Waals surface area contributed by atoms with E-state index in [1.54, 1.807) is 0 Å². The van der Waals surface area contributed by atoms with Gasteiger partial charge in [-0.25, -0.2) is 9.55 Å². The fraction of sp³-hybridized carbons (Fsp3) is 0.286. The average Bonchev–Trinajstić information content (AvgIpc) is 2.76. The Kier molecular flexibility index (Phi) is 7.09. The van der Waals surface area contributed by atoms with E-state index in [1.165, 1.54) is 6.20 Å². The molecule has 1 aromatic carbocycles. The maximum atomic E-state index is 11.9. The maximum Gasteiger partial charge on any atom is 0.312 e. The van der Waals surface area contributed by atoms with Crippen LogP contribution in [0.3, 0.4) is 0 Å². The Bertz CT molecular complexity index is 1060. The van der Waals surface area contributed by atoms with Crippen molar-refractivity contribution in [1.29, 1.82) is 5.41 Å². The number of aromatic nitrogens is 4. The molecule has 0 saturated carbocycles. The molecule has 0 aliphatic carbocycles. The van der Waals surface area contributed by atoms with Gasteiger partial charge in [-0.3, -0.25) is 10.2 Å². The standard InChI is InChI=1S/C21H24N7O2/c1-16(2)25-26-28-21(22)24-19(14-23-28)18-8-11-27(12-9-18)13-10-20(29)30-15-17-6-4-3-5-7-17/h3-9,11-12,14,16,22H,10,13,15H2,1-2H3/q+1/b22-21?,26-25-. The van der Waals surface area contributed by atoms with Crippen molar-refractivity contribution in [3.8, 4) is 11.3 Å². The number of hydrogen-bond acceptors (Lipinski definition) is 7. The smallest absolute Gasteiger partial charge is 0.312 e. The highest BCUT2D eigenvalue weighted by Crippen LogP contribution is 2.11. The van der Waals surface area contributed by atoms with Gasteiger partial charge in [0.25, 0.3) is 5.62 Å². The van der Waals surface area contributed by atoms with Crippen LogP contribution in [-0.2, 0) is 22.7 Å². The second-order valence-electron chi connectivity index (χ2n) is 6.87. The Morgan fingerprint density at radius 3 is 2.60 bits per heavy atom. The molecule has 9 nitrogen and oxygen atoms in total. The molecule has 0 aliphatic rings. The van der Waals surface area contributed by atoms with Crippen molar-refractivity contribution < 1.29 is 14.1 Å². The highest BCUT2D eigenvalue weighted by Gasteiger charge is 2.10. The Morgan fingerprint density at radius 2 is 1.93 bits per heavy atom. The minimum atomic E-state index is -0.247. The first-order valence-corrected chi connectivity index (χ1v) is 9.62. The molecule has 0 saturated heterocycles. The lowest BCUT2D eigenvalue weighted by atomic mass is 10.2. The summed E-state index contributed by atoms with van der Waals surface area (Å²) in [4.78, 5) is 17.2. The first-order chi connectivity index (χ1) is 14.5. The molecule has 2 heterocycles. The quantitative estimate of drug-likeness (QED) is 0.352. The number of aryl methyl sites for hydroxylation is 1. The normalized spacial score (nSPS) is 11.2. The van der Waals surface area contributed by atoms with Gasteiger partial charge < -0.3 is 4.74 Å². The van der Waals surface area contributed by atoms with Gasteiger partial charge in [0.05, 0.1) is 17.9 Å². The van der Waals surface area contributed by atoms with Crippen LogP contribution in [0, 0.1) is 5.41 Å². The van der Waals surface area contributed by atoms with Gasteiger partial charge in [0.2, 0.25) is 0 Å². The number of benzene rings is 1. The van der Waals surface area contributed by atoms with Crippen LogP contribution in [0.4, 0.5) is 0 Å². The lowest BCUT2D eigenvalue weighted by molar-refractivity contribution is -0.695. The van der Waals surface area contributed by atoms with E-state index in [2.05, 4.69) is 20.4 Å². The molecule has 0 radical (unpaired) electrons. The fourth-order valence-corrected chi connectivity index (χ4v) is 2.52. The molecule has 0 aliphatic heterocycles. The van der Waals surface area contributed by atoms with Gasteiger partial charge in [-0.1, -0.05) is 35.1 Å². The Labute approximate surface area is 174 Å². The minimum Gasteiger partial charge on any atom is -0.461 e.